The van der Waals surface area contributed by atoms with Gasteiger partial charge >= 0.3 is 11.9 Å². The van der Waals surface area contributed by atoms with Crippen molar-refractivity contribution >= 4 is 11.9 Å². The Balaban J connectivity index is -0.000000306. The third kappa shape index (κ3) is 27.3. The first-order chi connectivity index (χ1) is 12.0. The van der Waals surface area contributed by atoms with Gasteiger partial charge in [-0.3, -0.25) is 10.6 Å². The highest BCUT2D eigenvalue weighted by molar-refractivity contribution is 5.89. The predicted molar refractivity (Wildman–Crippen MR) is 96.6 cm³/mol. The molecule has 0 fully saturated rings. The molecule has 0 amide bonds. The number of rotatable bonds is 10. The van der Waals surface area contributed by atoms with Crippen LogP contribution in [0.5, 0.6) is 0 Å². The number of carboxylic acids is 2. The van der Waals surface area contributed by atoms with Gasteiger partial charge in [0.2, 0.25) is 0 Å². The van der Waals surface area contributed by atoms with E-state index >= 15 is 0 Å². The lowest BCUT2D eigenvalue weighted by atomic mass is 10.5. The van der Waals surface area contributed by atoms with Crippen LogP contribution in [-0.2, 0) is 28.5 Å². The minimum Gasteiger partial charge on any atom is -0.478 e. The first kappa shape index (κ1) is 29.2. The van der Waals surface area contributed by atoms with Crippen LogP contribution in [0.25, 0.3) is 0 Å². The molecule has 0 aromatic heterocycles. The van der Waals surface area contributed by atoms with Gasteiger partial charge in [-0.15, -0.1) is 0 Å². The first-order valence-electron chi connectivity index (χ1n) is 7.81. The van der Waals surface area contributed by atoms with Crippen molar-refractivity contribution in [2.75, 3.05) is 28.4 Å². The number of hydrogen-bond acceptors (Lipinski definition) is 8. The number of nitrogens with one attached hydrogen (secondary N) is 2. The summed E-state index contributed by atoms with van der Waals surface area (Å²) in [5.74, 6) is -2.51. The van der Waals surface area contributed by atoms with Crippen molar-refractivity contribution in [3.63, 3.8) is 0 Å². The van der Waals surface area contributed by atoms with Gasteiger partial charge in [0.15, 0.2) is 0 Å². The number of methoxy groups -OCH3 is 4. The summed E-state index contributed by atoms with van der Waals surface area (Å²) in [6.45, 7) is 7.70. The summed E-state index contributed by atoms with van der Waals surface area (Å²) in [6, 6.07) is 0. The molecule has 10 nitrogen and oxygen atoms in total. The highest BCUT2D eigenvalue weighted by atomic mass is 16.5. The third-order valence-corrected chi connectivity index (χ3v) is 2.72. The Morgan fingerprint density at radius 1 is 0.654 bits per heavy atom. The van der Waals surface area contributed by atoms with E-state index in [1.165, 1.54) is 0 Å². The standard InChI is InChI=1S/2C6H15NO2.C4H4O4/c2*1-5(8-3)7-6(2)9-4;5-3(6)1-2-4(7)8/h2*5-7H,1-4H3;1-2H,(H,5,6)(H,7,8). The van der Waals surface area contributed by atoms with Crippen molar-refractivity contribution in [3.05, 3.63) is 12.2 Å². The second-order valence-corrected chi connectivity index (χ2v) is 4.85. The molecule has 156 valence electrons. The largest absolute Gasteiger partial charge is 0.478 e. The van der Waals surface area contributed by atoms with E-state index in [1.807, 2.05) is 27.7 Å². The zero-order chi connectivity index (χ0) is 21.1. The summed E-state index contributed by atoms with van der Waals surface area (Å²) in [5, 5.41) is 21.7. The minimum atomic E-state index is -1.26. The second kappa shape index (κ2) is 19.8. The Kier molecular flexibility index (Phi) is 22.2. The van der Waals surface area contributed by atoms with Crippen LogP contribution >= 0.6 is 0 Å². The van der Waals surface area contributed by atoms with Gasteiger partial charge in [-0.1, -0.05) is 0 Å². The molecule has 0 rings (SSSR count). The third-order valence-electron chi connectivity index (χ3n) is 2.72. The number of hydrogen-bond donors (Lipinski definition) is 4. The lowest BCUT2D eigenvalue weighted by molar-refractivity contribution is -0.134. The van der Waals surface area contributed by atoms with Crippen LogP contribution in [0.2, 0.25) is 0 Å². The number of ether oxygens (including phenoxy) is 4. The minimum absolute atomic E-state index is 0.0555. The van der Waals surface area contributed by atoms with Crippen LogP contribution in [0.3, 0.4) is 0 Å². The van der Waals surface area contributed by atoms with E-state index in [4.69, 9.17) is 29.2 Å². The highest BCUT2D eigenvalue weighted by Gasteiger charge is 2.02. The van der Waals surface area contributed by atoms with Crippen molar-refractivity contribution in [1.29, 1.82) is 0 Å². The monoisotopic (exact) mass is 382 g/mol. The van der Waals surface area contributed by atoms with Gasteiger partial charge in [-0.25, -0.2) is 9.59 Å². The van der Waals surface area contributed by atoms with Gasteiger partial charge < -0.3 is 29.2 Å². The SMILES string of the molecule is COC(C)NC(C)OC.COC(C)NC(C)OC.O=C(O)C=CC(=O)O. The van der Waals surface area contributed by atoms with E-state index in [9.17, 15) is 9.59 Å². The van der Waals surface area contributed by atoms with Gasteiger partial charge in [0.05, 0.1) is 0 Å². The molecule has 4 N–H and O–H groups in total. The topological polar surface area (TPSA) is 136 Å². The van der Waals surface area contributed by atoms with E-state index < -0.39 is 11.9 Å². The van der Waals surface area contributed by atoms with Crippen LogP contribution in [0, 0.1) is 0 Å². The molecular formula is C16H34N2O8. The molecule has 4 atom stereocenters. The molecule has 26 heavy (non-hydrogen) atoms. The van der Waals surface area contributed by atoms with Crippen molar-refractivity contribution in [3.8, 4) is 0 Å². The Labute approximate surface area is 155 Å². The lowest BCUT2D eigenvalue weighted by Gasteiger charge is -2.16. The first-order valence-corrected chi connectivity index (χ1v) is 7.81. The Morgan fingerprint density at radius 3 is 0.962 bits per heavy atom. The highest BCUT2D eigenvalue weighted by Crippen LogP contribution is 1.87. The van der Waals surface area contributed by atoms with Crippen LogP contribution < -0.4 is 10.6 Å². The fourth-order valence-corrected chi connectivity index (χ4v) is 1.08. The van der Waals surface area contributed by atoms with Crippen molar-refractivity contribution < 1.29 is 38.7 Å². The van der Waals surface area contributed by atoms with E-state index in [0.29, 0.717) is 12.2 Å². The van der Waals surface area contributed by atoms with Gasteiger partial charge in [0.1, 0.15) is 24.9 Å². The second-order valence-electron chi connectivity index (χ2n) is 4.85. The summed E-state index contributed by atoms with van der Waals surface area (Å²) < 4.78 is 19.7. The Morgan fingerprint density at radius 2 is 0.846 bits per heavy atom. The average molecular weight is 382 g/mol. The molecule has 0 saturated carbocycles. The number of aliphatic carboxylic acids is 2. The quantitative estimate of drug-likeness (QED) is 0.318. The number of carboxylic acid groups (broad SMARTS) is 2. The fourth-order valence-electron chi connectivity index (χ4n) is 1.08. The zero-order valence-electron chi connectivity index (χ0n) is 16.8. The molecular weight excluding hydrogens is 348 g/mol. The molecule has 0 aliphatic rings. The molecule has 0 saturated heterocycles. The summed E-state index contributed by atoms with van der Waals surface area (Å²) >= 11 is 0. The molecule has 0 bridgehead atoms. The normalized spacial score (nSPS) is 14.9. The molecule has 0 aromatic rings. The van der Waals surface area contributed by atoms with E-state index in [-0.39, 0.29) is 24.9 Å². The van der Waals surface area contributed by atoms with E-state index in [1.54, 1.807) is 28.4 Å². The fraction of sp³-hybridized carbons (Fsp3) is 0.750. The van der Waals surface area contributed by atoms with E-state index in [2.05, 4.69) is 10.6 Å². The molecule has 0 aliphatic heterocycles. The summed E-state index contributed by atoms with van der Waals surface area (Å²) in [4.78, 5) is 19.1. The summed E-state index contributed by atoms with van der Waals surface area (Å²) in [5.41, 5.74) is 0. The van der Waals surface area contributed by atoms with Gasteiger partial charge in [0.25, 0.3) is 0 Å². The zero-order valence-corrected chi connectivity index (χ0v) is 16.8. The predicted octanol–water partition coefficient (Wildman–Crippen LogP) is 0.833. The van der Waals surface area contributed by atoms with E-state index in [0.717, 1.165) is 0 Å². The Hall–Kier alpha value is -1.56. The maximum absolute atomic E-state index is 9.55. The molecule has 10 heteroatoms. The van der Waals surface area contributed by atoms with Crippen molar-refractivity contribution in [1.82, 2.24) is 10.6 Å². The van der Waals surface area contributed by atoms with Gasteiger partial charge in [-0.05, 0) is 27.7 Å². The van der Waals surface area contributed by atoms with Gasteiger partial charge in [0, 0.05) is 40.6 Å². The Bertz CT molecular complexity index is 329. The van der Waals surface area contributed by atoms with Crippen LogP contribution in [0.15, 0.2) is 12.2 Å². The maximum Gasteiger partial charge on any atom is 0.328 e. The lowest BCUT2D eigenvalue weighted by Crippen LogP contribution is -2.36. The molecule has 4 unspecified atom stereocenters. The summed E-state index contributed by atoms with van der Waals surface area (Å²) in [6.07, 6.45) is 1.34. The van der Waals surface area contributed by atoms with Crippen LogP contribution in [-0.4, -0.2) is 75.5 Å². The summed E-state index contributed by atoms with van der Waals surface area (Å²) in [7, 11) is 6.61. The average Bonchev–Trinajstić information content (AvgIpc) is 2.60. The molecule has 0 radical (unpaired) electrons. The molecule has 0 heterocycles. The van der Waals surface area contributed by atoms with Crippen LogP contribution in [0.1, 0.15) is 27.7 Å². The van der Waals surface area contributed by atoms with Crippen LogP contribution in [0.4, 0.5) is 0 Å². The van der Waals surface area contributed by atoms with Crippen molar-refractivity contribution in [2.45, 2.75) is 52.6 Å². The number of carbonyl (C=O) groups is 2. The maximum atomic E-state index is 9.55. The molecule has 0 aromatic carbocycles. The molecule has 0 aliphatic carbocycles. The smallest absolute Gasteiger partial charge is 0.328 e. The molecule has 0 spiro atoms. The van der Waals surface area contributed by atoms with Crippen molar-refractivity contribution in [2.24, 2.45) is 0 Å². The van der Waals surface area contributed by atoms with Gasteiger partial charge in [-0.2, -0.15) is 0 Å².